The van der Waals surface area contributed by atoms with Crippen LogP contribution in [0.25, 0.3) is 0 Å². The van der Waals surface area contributed by atoms with Crippen LogP contribution in [0.2, 0.25) is 0 Å². The average molecular weight is 270 g/mol. The van der Waals surface area contributed by atoms with Crippen molar-refractivity contribution in [1.29, 1.82) is 0 Å². The molecule has 0 aromatic carbocycles. The van der Waals surface area contributed by atoms with E-state index in [9.17, 15) is 18.0 Å². The second-order valence-electron chi connectivity index (χ2n) is 3.42. The van der Waals surface area contributed by atoms with E-state index in [2.05, 4.69) is 0 Å². The van der Waals surface area contributed by atoms with Crippen LogP contribution in [0.5, 0.6) is 0 Å². The lowest BCUT2D eigenvalue weighted by Crippen LogP contribution is -2.40. The minimum absolute atomic E-state index is 0.0568. The Labute approximate surface area is 101 Å². The Morgan fingerprint density at radius 3 is 2.59 bits per heavy atom. The molecule has 0 aliphatic rings. The number of hydrogen-bond donors (Lipinski definition) is 0. The molecular weight excluding hydrogens is 259 g/mol. The van der Waals surface area contributed by atoms with Crippen LogP contribution in [0, 0.1) is 6.92 Å². The Kier molecular flexibility index (Phi) is 4.45. The maximum Gasteiger partial charge on any atom is 0.406 e. The molecule has 1 aromatic heterocycles. The molecule has 3 nitrogen and oxygen atoms in total. The van der Waals surface area contributed by atoms with E-state index in [0.29, 0.717) is 4.90 Å². The summed E-state index contributed by atoms with van der Waals surface area (Å²) in [5.41, 5.74) is 0.124. The van der Waals surface area contributed by atoms with Gasteiger partial charge in [0.15, 0.2) is 0 Å². The molecule has 0 aliphatic heterocycles. The van der Waals surface area contributed by atoms with Gasteiger partial charge in [-0.25, -0.2) is 0 Å². The summed E-state index contributed by atoms with van der Waals surface area (Å²) < 4.78 is 41.7. The number of rotatable bonds is 4. The largest absolute Gasteiger partial charge is 0.469 e. The van der Waals surface area contributed by atoms with Crippen LogP contribution < -0.4 is 0 Å². The van der Waals surface area contributed by atoms with Crippen molar-refractivity contribution >= 4 is 17.5 Å². The van der Waals surface area contributed by atoms with Crippen LogP contribution in [-0.2, 0) is 0 Å². The van der Waals surface area contributed by atoms with Gasteiger partial charge in [0.25, 0.3) is 5.91 Å². The molecule has 0 fully saturated rings. The smallest absolute Gasteiger partial charge is 0.406 e. The van der Waals surface area contributed by atoms with Gasteiger partial charge in [0.1, 0.15) is 12.3 Å². The van der Waals surface area contributed by atoms with Crippen LogP contribution in [0.4, 0.5) is 13.2 Å². The Hall–Kier alpha value is -1.17. The Morgan fingerprint density at radius 2 is 2.18 bits per heavy atom. The molecule has 0 aliphatic carbocycles. The maximum atomic E-state index is 12.3. The number of alkyl halides is 4. The number of carbonyl (C=O) groups excluding carboxylic acids is 1. The molecular formula is C10H11ClF3NO2. The van der Waals surface area contributed by atoms with E-state index in [1.807, 2.05) is 0 Å². The second kappa shape index (κ2) is 5.44. The van der Waals surface area contributed by atoms with Crippen LogP contribution in [0.1, 0.15) is 16.1 Å². The molecule has 0 saturated heterocycles. The molecule has 0 spiro atoms. The molecule has 0 atom stereocenters. The number of carbonyl (C=O) groups is 1. The molecule has 7 heteroatoms. The standard InChI is InChI=1S/C10H11ClF3NO2/c1-7-8(2-5-17-7)9(16)15(4-3-11)6-10(12,13)14/h2,5H,3-4,6H2,1H3. The summed E-state index contributed by atoms with van der Waals surface area (Å²) in [4.78, 5) is 12.5. The van der Waals surface area contributed by atoms with Crippen molar-refractivity contribution in [2.24, 2.45) is 0 Å². The summed E-state index contributed by atoms with van der Waals surface area (Å²) in [6.07, 6.45) is -3.19. The number of aryl methyl sites for hydroxylation is 1. The molecule has 1 rings (SSSR count). The van der Waals surface area contributed by atoms with Crippen molar-refractivity contribution in [3.05, 3.63) is 23.7 Å². The minimum Gasteiger partial charge on any atom is -0.469 e. The van der Waals surface area contributed by atoms with E-state index < -0.39 is 18.6 Å². The summed E-state index contributed by atoms with van der Waals surface area (Å²) >= 11 is 5.39. The number of furan rings is 1. The molecule has 96 valence electrons. The van der Waals surface area contributed by atoms with Crippen molar-refractivity contribution < 1.29 is 22.4 Å². The molecule has 0 bridgehead atoms. The van der Waals surface area contributed by atoms with Crippen molar-refractivity contribution in [3.63, 3.8) is 0 Å². The second-order valence-corrected chi connectivity index (χ2v) is 3.80. The maximum absolute atomic E-state index is 12.3. The van der Waals surface area contributed by atoms with Crippen molar-refractivity contribution in [2.45, 2.75) is 13.1 Å². The lowest BCUT2D eigenvalue weighted by molar-refractivity contribution is -0.140. The van der Waals surface area contributed by atoms with Crippen LogP contribution >= 0.6 is 11.6 Å². The van der Waals surface area contributed by atoms with Crippen LogP contribution in [0.15, 0.2) is 16.7 Å². The molecule has 0 N–H and O–H groups in total. The summed E-state index contributed by atoms with van der Waals surface area (Å²) in [6, 6.07) is 1.34. The van der Waals surface area contributed by atoms with E-state index in [1.165, 1.54) is 19.3 Å². The van der Waals surface area contributed by atoms with Gasteiger partial charge >= 0.3 is 6.18 Å². The topological polar surface area (TPSA) is 33.5 Å². The summed E-state index contributed by atoms with van der Waals surface area (Å²) in [5, 5.41) is 0. The summed E-state index contributed by atoms with van der Waals surface area (Å²) in [6.45, 7) is 0.0351. The first-order chi connectivity index (χ1) is 7.85. The van der Waals surface area contributed by atoms with Gasteiger partial charge in [0.05, 0.1) is 11.8 Å². The zero-order valence-electron chi connectivity index (χ0n) is 9.05. The highest BCUT2D eigenvalue weighted by atomic mass is 35.5. The van der Waals surface area contributed by atoms with E-state index in [0.717, 1.165) is 0 Å². The number of nitrogens with zero attached hydrogens (tertiary/aromatic N) is 1. The van der Waals surface area contributed by atoms with Crippen molar-refractivity contribution in [1.82, 2.24) is 4.90 Å². The van der Waals surface area contributed by atoms with E-state index >= 15 is 0 Å². The third kappa shape index (κ3) is 3.96. The lowest BCUT2D eigenvalue weighted by Gasteiger charge is -2.22. The third-order valence-electron chi connectivity index (χ3n) is 2.10. The van der Waals surface area contributed by atoms with Gasteiger partial charge < -0.3 is 9.32 Å². The number of hydrogen-bond acceptors (Lipinski definition) is 2. The van der Waals surface area contributed by atoms with Gasteiger partial charge in [-0.2, -0.15) is 13.2 Å². The Morgan fingerprint density at radius 1 is 1.53 bits per heavy atom. The zero-order chi connectivity index (χ0) is 13.1. The van der Waals surface area contributed by atoms with Crippen LogP contribution in [0.3, 0.4) is 0 Å². The molecule has 17 heavy (non-hydrogen) atoms. The fraction of sp³-hybridized carbons (Fsp3) is 0.500. The van der Waals surface area contributed by atoms with E-state index in [4.69, 9.17) is 16.0 Å². The zero-order valence-corrected chi connectivity index (χ0v) is 9.81. The quantitative estimate of drug-likeness (QED) is 0.788. The molecule has 1 heterocycles. The third-order valence-corrected chi connectivity index (χ3v) is 2.27. The Bertz CT molecular complexity index is 389. The first kappa shape index (κ1) is 13.9. The highest BCUT2D eigenvalue weighted by Gasteiger charge is 2.33. The molecule has 0 saturated carbocycles. The number of halogens is 4. The SMILES string of the molecule is Cc1occc1C(=O)N(CCCl)CC(F)(F)F. The highest BCUT2D eigenvalue weighted by molar-refractivity contribution is 6.18. The monoisotopic (exact) mass is 269 g/mol. The molecule has 1 aromatic rings. The normalized spacial score (nSPS) is 11.6. The first-order valence-corrected chi connectivity index (χ1v) is 5.34. The fourth-order valence-corrected chi connectivity index (χ4v) is 1.55. The molecule has 0 radical (unpaired) electrons. The lowest BCUT2D eigenvalue weighted by atomic mass is 10.2. The molecule has 0 unspecified atom stereocenters. The predicted molar refractivity (Wildman–Crippen MR) is 56.1 cm³/mol. The van der Waals surface area contributed by atoms with Gasteiger partial charge in [-0.15, -0.1) is 11.6 Å². The predicted octanol–water partition coefficient (Wildman–Crippen LogP) is 2.83. The number of amides is 1. The van der Waals surface area contributed by atoms with Gasteiger partial charge in [0.2, 0.25) is 0 Å². The van der Waals surface area contributed by atoms with Crippen LogP contribution in [-0.4, -0.2) is 36.0 Å². The molecule has 1 amide bonds. The first-order valence-electron chi connectivity index (χ1n) is 4.81. The summed E-state index contributed by atoms with van der Waals surface area (Å²) in [7, 11) is 0. The van der Waals surface area contributed by atoms with Crippen molar-refractivity contribution in [2.75, 3.05) is 19.0 Å². The summed E-state index contributed by atoms with van der Waals surface area (Å²) in [5.74, 6) is -0.496. The van der Waals surface area contributed by atoms with Gasteiger partial charge in [-0.1, -0.05) is 0 Å². The van der Waals surface area contributed by atoms with Crippen molar-refractivity contribution in [3.8, 4) is 0 Å². The van der Waals surface area contributed by atoms with Gasteiger partial charge in [-0.05, 0) is 13.0 Å². The average Bonchev–Trinajstić information content (AvgIpc) is 2.61. The van der Waals surface area contributed by atoms with Gasteiger partial charge in [-0.3, -0.25) is 4.79 Å². The fourth-order valence-electron chi connectivity index (χ4n) is 1.35. The highest BCUT2D eigenvalue weighted by Crippen LogP contribution is 2.19. The van der Waals surface area contributed by atoms with Gasteiger partial charge in [0, 0.05) is 12.4 Å². The van der Waals surface area contributed by atoms with E-state index in [1.54, 1.807) is 0 Å². The minimum atomic E-state index is -4.45. The Balaban J connectivity index is 2.84. The van der Waals surface area contributed by atoms with E-state index in [-0.39, 0.29) is 23.7 Å².